The average Bonchev–Trinajstić information content (AvgIpc) is 2.46. The van der Waals surface area contributed by atoms with Crippen LogP contribution < -0.4 is 10.6 Å². The quantitative estimate of drug-likeness (QED) is 0.923. The summed E-state index contributed by atoms with van der Waals surface area (Å²) in [5.41, 5.74) is 8.12. The summed E-state index contributed by atoms with van der Waals surface area (Å²) in [6.07, 6.45) is 2.49. The maximum atomic E-state index is 5.68. The van der Waals surface area contributed by atoms with E-state index in [1.807, 2.05) is 0 Å². The van der Waals surface area contributed by atoms with Crippen molar-refractivity contribution in [3.05, 3.63) is 28.2 Å². The second-order valence-electron chi connectivity index (χ2n) is 5.27. The lowest BCUT2D eigenvalue weighted by Crippen LogP contribution is -2.43. The number of benzene rings is 1. The van der Waals surface area contributed by atoms with Crippen molar-refractivity contribution in [2.45, 2.75) is 32.4 Å². The van der Waals surface area contributed by atoms with Gasteiger partial charge in [0.2, 0.25) is 0 Å². The van der Waals surface area contributed by atoms with Crippen molar-refractivity contribution in [1.82, 2.24) is 4.90 Å². The van der Waals surface area contributed by atoms with Crippen molar-refractivity contribution < 1.29 is 0 Å². The van der Waals surface area contributed by atoms with Crippen molar-refractivity contribution in [1.29, 1.82) is 0 Å². The van der Waals surface area contributed by atoms with E-state index in [1.165, 1.54) is 43.7 Å². The fourth-order valence-corrected chi connectivity index (χ4v) is 3.49. The molecule has 0 radical (unpaired) electrons. The van der Waals surface area contributed by atoms with Gasteiger partial charge in [0, 0.05) is 37.2 Å². The summed E-state index contributed by atoms with van der Waals surface area (Å²) < 4.78 is 1.15. The molecular formula is C15H24BrN3. The highest BCUT2D eigenvalue weighted by Crippen LogP contribution is 2.30. The van der Waals surface area contributed by atoms with Gasteiger partial charge < -0.3 is 15.5 Å². The molecule has 0 aromatic heterocycles. The van der Waals surface area contributed by atoms with Crippen LogP contribution in [0.15, 0.2) is 22.7 Å². The monoisotopic (exact) mass is 325 g/mol. The third-order valence-corrected chi connectivity index (χ3v) is 4.81. The van der Waals surface area contributed by atoms with Gasteiger partial charge in [0.05, 0.1) is 5.69 Å². The van der Waals surface area contributed by atoms with Gasteiger partial charge in [-0.2, -0.15) is 0 Å². The normalized spacial score (nSPS) is 17.7. The van der Waals surface area contributed by atoms with Crippen LogP contribution in [0.25, 0.3) is 0 Å². The molecule has 1 aliphatic rings. The molecule has 0 saturated carbocycles. The Balaban J connectivity index is 2.05. The Kier molecular flexibility index (Phi) is 5.25. The first kappa shape index (κ1) is 14.8. The van der Waals surface area contributed by atoms with Gasteiger partial charge in [-0.3, -0.25) is 0 Å². The third kappa shape index (κ3) is 3.50. The largest absolute Gasteiger partial charge is 0.371 e. The van der Waals surface area contributed by atoms with E-state index in [2.05, 4.69) is 57.9 Å². The first-order valence-electron chi connectivity index (χ1n) is 7.09. The second kappa shape index (κ2) is 6.73. The number of anilines is 1. The molecule has 1 aliphatic heterocycles. The van der Waals surface area contributed by atoms with E-state index in [1.54, 1.807) is 0 Å². The van der Waals surface area contributed by atoms with Crippen molar-refractivity contribution >= 4 is 21.6 Å². The van der Waals surface area contributed by atoms with Gasteiger partial charge in [0.1, 0.15) is 0 Å². The molecule has 0 bridgehead atoms. The van der Waals surface area contributed by atoms with Crippen LogP contribution in [0.4, 0.5) is 5.69 Å². The molecule has 0 atom stereocenters. The van der Waals surface area contributed by atoms with E-state index in [-0.39, 0.29) is 0 Å². The molecule has 3 nitrogen and oxygen atoms in total. The molecule has 0 aliphatic carbocycles. The summed E-state index contributed by atoms with van der Waals surface area (Å²) in [5, 5.41) is 0. The molecule has 1 fully saturated rings. The van der Waals surface area contributed by atoms with Gasteiger partial charge in [0.25, 0.3) is 0 Å². The van der Waals surface area contributed by atoms with Gasteiger partial charge in [-0.25, -0.2) is 0 Å². The number of piperidine rings is 1. The number of nitrogens with zero attached hydrogens (tertiary/aromatic N) is 2. The van der Waals surface area contributed by atoms with Crippen LogP contribution in [0.2, 0.25) is 0 Å². The summed E-state index contributed by atoms with van der Waals surface area (Å²) >= 11 is 3.67. The van der Waals surface area contributed by atoms with E-state index in [9.17, 15) is 0 Å². The van der Waals surface area contributed by atoms with Crippen LogP contribution in [0.3, 0.4) is 0 Å². The van der Waals surface area contributed by atoms with Gasteiger partial charge in [0.15, 0.2) is 0 Å². The molecule has 0 amide bonds. The summed E-state index contributed by atoms with van der Waals surface area (Å²) in [6.45, 7) is 6.43. The Morgan fingerprint density at radius 2 is 2.05 bits per heavy atom. The molecule has 2 N–H and O–H groups in total. The molecule has 19 heavy (non-hydrogen) atoms. The van der Waals surface area contributed by atoms with E-state index >= 15 is 0 Å². The number of halogens is 1. The second-order valence-corrected chi connectivity index (χ2v) is 6.12. The molecule has 4 heteroatoms. The Hall–Kier alpha value is -0.580. The van der Waals surface area contributed by atoms with Crippen LogP contribution >= 0.6 is 15.9 Å². The van der Waals surface area contributed by atoms with Crippen LogP contribution in [-0.2, 0) is 6.54 Å². The number of nitrogens with two attached hydrogens (primary N) is 1. The Bertz CT molecular complexity index is 414. The van der Waals surface area contributed by atoms with E-state index in [0.717, 1.165) is 4.47 Å². The van der Waals surface area contributed by atoms with E-state index in [4.69, 9.17) is 5.73 Å². The van der Waals surface area contributed by atoms with Crippen LogP contribution in [0, 0.1) is 0 Å². The van der Waals surface area contributed by atoms with E-state index < -0.39 is 0 Å². The minimum atomic E-state index is 0.595. The fourth-order valence-electron chi connectivity index (χ4n) is 2.78. The lowest BCUT2D eigenvalue weighted by Gasteiger charge is -2.37. The highest BCUT2D eigenvalue weighted by Gasteiger charge is 2.22. The van der Waals surface area contributed by atoms with Crippen LogP contribution in [0.5, 0.6) is 0 Å². The van der Waals surface area contributed by atoms with Gasteiger partial charge in [-0.15, -0.1) is 0 Å². The van der Waals surface area contributed by atoms with Gasteiger partial charge in [-0.05, 0) is 53.0 Å². The topological polar surface area (TPSA) is 32.5 Å². The van der Waals surface area contributed by atoms with Crippen LogP contribution in [-0.4, -0.2) is 37.6 Å². The number of rotatable bonds is 4. The predicted molar refractivity (Wildman–Crippen MR) is 85.6 cm³/mol. The van der Waals surface area contributed by atoms with E-state index in [0.29, 0.717) is 12.6 Å². The van der Waals surface area contributed by atoms with Gasteiger partial charge in [-0.1, -0.05) is 13.0 Å². The Morgan fingerprint density at radius 3 is 2.58 bits per heavy atom. The van der Waals surface area contributed by atoms with Crippen molar-refractivity contribution in [2.75, 3.05) is 31.6 Å². The molecular weight excluding hydrogens is 302 g/mol. The number of hydrogen-bond acceptors (Lipinski definition) is 3. The summed E-state index contributed by atoms with van der Waals surface area (Å²) in [7, 11) is 2.20. The molecule has 1 heterocycles. The Morgan fingerprint density at radius 1 is 1.37 bits per heavy atom. The lowest BCUT2D eigenvalue weighted by molar-refractivity contribution is 0.221. The minimum Gasteiger partial charge on any atom is -0.371 e. The minimum absolute atomic E-state index is 0.595. The third-order valence-electron chi connectivity index (χ3n) is 4.18. The highest BCUT2D eigenvalue weighted by atomic mass is 79.9. The number of hydrogen-bond donors (Lipinski definition) is 1. The zero-order chi connectivity index (χ0) is 13.8. The molecule has 106 valence electrons. The Labute approximate surface area is 124 Å². The smallest absolute Gasteiger partial charge is 0.0510 e. The average molecular weight is 326 g/mol. The zero-order valence-corrected chi connectivity index (χ0v) is 13.5. The molecule has 0 spiro atoms. The summed E-state index contributed by atoms with van der Waals surface area (Å²) in [5.74, 6) is 0. The van der Waals surface area contributed by atoms with Gasteiger partial charge >= 0.3 is 0 Å². The molecule has 0 unspecified atom stereocenters. The first-order chi connectivity index (χ1) is 9.15. The summed E-state index contributed by atoms with van der Waals surface area (Å²) in [6, 6.07) is 7.08. The van der Waals surface area contributed by atoms with Crippen molar-refractivity contribution in [3.8, 4) is 0 Å². The molecule has 1 saturated heterocycles. The fraction of sp³-hybridized carbons (Fsp3) is 0.600. The highest BCUT2D eigenvalue weighted by molar-refractivity contribution is 9.10. The van der Waals surface area contributed by atoms with Crippen LogP contribution in [0.1, 0.15) is 25.3 Å². The van der Waals surface area contributed by atoms with Crippen molar-refractivity contribution in [2.24, 2.45) is 5.73 Å². The molecule has 1 aromatic carbocycles. The lowest BCUT2D eigenvalue weighted by atomic mass is 10.0. The molecule has 1 aromatic rings. The predicted octanol–water partition coefficient (Wildman–Crippen LogP) is 2.83. The van der Waals surface area contributed by atoms with Crippen molar-refractivity contribution in [3.63, 3.8) is 0 Å². The SMILES string of the molecule is CCN1CCC(N(C)c2ccc(CN)cc2Br)CC1. The summed E-state index contributed by atoms with van der Waals surface area (Å²) in [4.78, 5) is 4.94. The first-order valence-corrected chi connectivity index (χ1v) is 7.88. The number of likely N-dealkylation sites (tertiary alicyclic amines) is 1. The maximum Gasteiger partial charge on any atom is 0.0510 e. The zero-order valence-electron chi connectivity index (χ0n) is 11.9. The molecule has 2 rings (SSSR count). The standard InChI is InChI=1S/C15H24BrN3/c1-3-19-8-6-13(7-9-19)18(2)15-5-4-12(11-17)10-14(15)16/h4-5,10,13H,3,6-9,11,17H2,1-2H3. The maximum absolute atomic E-state index is 5.68.